The average Bonchev–Trinajstić information content (AvgIpc) is 2.76. The van der Waals surface area contributed by atoms with Crippen LogP contribution in [0, 0.1) is 0 Å². The maximum atomic E-state index is 6.82. The summed E-state index contributed by atoms with van der Waals surface area (Å²) in [6.07, 6.45) is 0. The van der Waals surface area contributed by atoms with Crippen molar-refractivity contribution in [3.63, 3.8) is 0 Å². The number of hydrogen-bond acceptors (Lipinski definition) is 0. The molecule has 0 unspecified atom stereocenters. The van der Waals surface area contributed by atoms with Crippen molar-refractivity contribution >= 4 is 51.8 Å². The molecular formula is C25H19Cl2PRu. The molecule has 0 spiro atoms. The van der Waals surface area contributed by atoms with Crippen LogP contribution in [0.2, 0.25) is 10.0 Å². The Morgan fingerprint density at radius 2 is 1.03 bits per heavy atom. The molecule has 0 saturated heterocycles. The van der Waals surface area contributed by atoms with Crippen LogP contribution in [0.3, 0.4) is 0 Å². The van der Waals surface area contributed by atoms with Crippen molar-refractivity contribution in [2.75, 3.05) is 0 Å². The minimum atomic E-state index is -2.18. The fourth-order valence-corrected chi connectivity index (χ4v) is 8.21. The van der Waals surface area contributed by atoms with Gasteiger partial charge in [0.15, 0.2) is 0 Å². The smallest absolute Gasteiger partial charge is 0.0675 e. The first-order chi connectivity index (χ1) is 13.7. The van der Waals surface area contributed by atoms with Crippen molar-refractivity contribution < 1.29 is 19.5 Å². The summed E-state index contributed by atoms with van der Waals surface area (Å²) < 4.78 is 0. The molecule has 146 valence electrons. The molecule has 0 bridgehead atoms. The number of benzene rings is 4. The van der Waals surface area contributed by atoms with Gasteiger partial charge in [-0.1, -0.05) is 126 Å². The normalized spacial score (nSPS) is 10.8. The fourth-order valence-electron chi connectivity index (χ4n) is 3.50. The van der Waals surface area contributed by atoms with Crippen molar-refractivity contribution in [1.82, 2.24) is 0 Å². The van der Waals surface area contributed by atoms with E-state index in [-0.39, 0.29) is 19.5 Å². The summed E-state index contributed by atoms with van der Waals surface area (Å²) in [5, 5.41) is 4.76. The third-order valence-electron chi connectivity index (χ3n) is 4.78. The molecular weight excluding hydrogens is 503 g/mol. The monoisotopic (exact) mass is 522 g/mol. The van der Waals surface area contributed by atoms with Crippen LogP contribution in [0.1, 0.15) is 5.56 Å². The Morgan fingerprint density at radius 1 is 0.552 bits per heavy atom. The van der Waals surface area contributed by atoms with Crippen molar-refractivity contribution in [2.45, 2.75) is 0 Å². The van der Waals surface area contributed by atoms with Gasteiger partial charge in [-0.3, -0.25) is 0 Å². The molecule has 4 heteroatoms. The SMILES string of the molecule is Clc1cccc(P(=Cc2ccccc2)(c2ccccc2)c2ccccc2)c1Cl.[Ru]. The predicted molar refractivity (Wildman–Crippen MR) is 127 cm³/mol. The molecule has 0 fully saturated rings. The van der Waals surface area contributed by atoms with Gasteiger partial charge in [0, 0.05) is 24.8 Å². The summed E-state index contributed by atoms with van der Waals surface area (Å²) >= 11 is 13.3. The van der Waals surface area contributed by atoms with E-state index in [2.05, 4.69) is 84.7 Å². The topological polar surface area (TPSA) is 0 Å². The Labute approximate surface area is 195 Å². The molecule has 0 radical (unpaired) electrons. The third-order valence-corrected chi connectivity index (χ3v) is 9.77. The molecule has 0 aromatic heterocycles. The largest absolute Gasteiger partial charge is 0.0827 e. The predicted octanol–water partition coefficient (Wildman–Crippen LogP) is 6.14. The number of halogens is 2. The zero-order valence-corrected chi connectivity index (χ0v) is 19.7. The maximum absolute atomic E-state index is 6.82. The minimum absolute atomic E-state index is 0. The Kier molecular flexibility index (Phi) is 7.56. The Bertz CT molecular complexity index is 1080. The molecule has 4 aromatic rings. The van der Waals surface area contributed by atoms with Crippen molar-refractivity contribution in [3.8, 4) is 0 Å². The van der Waals surface area contributed by atoms with Crippen LogP contribution in [0.4, 0.5) is 0 Å². The molecule has 0 nitrogen and oxygen atoms in total. The van der Waals surface area contributed by atoms with Crippen molar-refractivity contribution in [3.05, 3.63) is 125 Å². The zero-order valence-electron chi connectivity index (χ0n) is 15.5. The first-order valence-electron chi connectivity index (χ1n) is 9.07. The number of hydrogen-bond donors (Lipinski definition) is 0. The molecule has 0 aliphatic heterocycles. The van der Waals surface area contributed by atoms with E-state index in [9.17, 15) is 0 Å². The van der Waals surface area contributed by atoms with Crippen LogP contribution in [0.15, 0.2) is 109 Å². The van der Waals surface area contributed by atoms with Gasteiger partial charge in [-0.2, -0.15) is 0 Å². The summed E-state index contributed by atoms with van der Waals surface area (Å²) in [5.41, 5.74) is 1.17. The summed E-state index contributed by atoms with van der Waals surface area (Å²) in [5.74, 6) is 2.38. The van der Waals surface area contributed by atoms with Gasteiger partial charge in [-0.05, 0) is 34.9 Å². The number of rotatable bonds is 4. The van der Waals surface area contributed by atoms with Gasteiger partial charge < -0.3 is 0 Å². The van der Waals surface area contributed by atoms with Crippen LogP contribution >= 0.6 is 30.1 Å². The molecule has 0 amide bonds. The molecule has 0 aliphatic rings. The summed E-state index contributed by atoms with van der Waals surface area (Å²) in [4.78, 5) is 0. The van der Waals surface area contributed by atoms with E-state index < -0.39 is 6.89 Å². The molecule has 0 saturated carbocycles. The van der Waals surface area contributed by atoms with Crippen molar-refractivity contribution in [2.24, 2.45) is 0 Å². The van der Waals surface area contributed by atoms with Crippen LogP contribution < -0.4 is 15.9 Å². The van der Waals surface area contributed by atoms with Crippen LogP contribution in [-0.2, 0) is 19.5 Å². The average molecular weight is 522 g/mol. The molecule has 29 heavy (non-hydrogen) atoms. The molecule has 0 N–H and O–H groups in total. The van der Waals surface area contributed by atoms with Gasteiger partial charge in [0.25, 0.3) is 0 Å². The second kappa shape index (κ2) is 9.93. The molecule has 4 aromatic carbocycles. The summed E-state index contributed by atoms with van der Waals surface area (Å²) in [7, 11) is 0. The van der Waals surface area contributed by atoms with Crippen molar-refractivity contribution in [1.29, 1.82) is 0 Å². The molecule has 0 heterocycles. The Morgan fingerprint density at radius 3 is 1.55 bits per heavy atom. The molecule has 0 aliphatic carbocycles. The molecule has 0 atom stereocenters. The minimum Gasteiger partial charge on any atom is -0.0827 e. The molecule has 4 rings (SSSR count). The van der Waals surface area contributed by atoms with Gasteiger partial charge in [-0.15, -0.1) is 0 Å². The second-order valence-electron chi connectivity index (χ2n) is 6.51. The van der Waals surface area contributed by atoms with E-state index in [0.29, 0.717) is 10.0 Å². The standard InChI is InChI=1S/C25H19Cl2P.Ru/c26-23-17-10-18-24(25(23)27)28(21-13-6-2-7-14-21,22-15-8-3-9-16-22)19-20-11-4-1-5-12-20;/h1-19H;. The Hall–Kier alpha value is -1.62. The van der Waals surface area contributed by atoms with E-state index >= 15 is 0 Å². The van der Waals surface area contributed by atoms with Gasteiger partial charge >= 0.3 is 0 Å². The van der Waals surface area contributed by atoms with E-state index in [1.54, 1.807) is 0 Å². The van der Waals surface area contributed by atoms with E-state index in [1.807, 2.05) is 30.3 Å². The van der Waals surface area contributed by atoms with Gasteiger partial charge in [0.2, 0.25) is 0 Å². The fraction of sp³-hybridized carbons (Fsp3) is 0. The van der Waals surface area contributed by atoms with E-state index in [4.69, 9.17) is 23.2 Å². The maximum Gasteiger partial charge on any atom is 0.0675 e. The van der Waals surface area contributed by atoms with Crippen LogP contribution in [0.25, 0.3) is 0 Å². The van der Waals surface area contributed by atoms with Crippen LogP contribution in [-0.4, -0.2) is 5.80 Å². The first kappa shape index (κ1) is 22.1. The summed E-state index contributed by atoms with van der Waals surface area (Å²) in [6.45, 7) is -2.18. The second-order valence-corrected chi connectivity index (χ2v) is 10.5. The van der Waals surface area contributed by atoms with E-state index in [1.165, 1.54) is 16.2 Å². The quantitative estimate of drug-likeness (QED) is 0.223. The Balaban J connectivity index is 0.00000240. The van der Waals surface area contributed by atoms with Crippen LogP contribution in [0.5, 0.6) is 0 Å². The van der Waals surface area contributed by atoms with E-state index in [0.717, 1.165) is 5.30 Å². The first-order valence-corrected chi connectivity index (χ1v) is 11.7. The zero-order chi connectivity index (χ0) is 19.4. The van der Waals surface area contributed by atoms with Gasteiger partial charge in [0.1, 0.15) is 0 Å². The summed E-state index contributed by atoms with van der Waals surface area (Å²) in [6, 6.07) is 37.6. The van der Waals surface area contributed by atoms with Gasteiger partial charge in [-0.25, -0.2) is 0 Å². The van der Waals surface area contributed by atoms with Gasteiger partial charge in [0.05, 0.1) is 10.0 Å². The third kappa shape index (κ3) is 4.45.